The first kappa shape index (κ1) is 21.7. The van der Waals surface area contributed by atoms with Gasteiger partial charge in [0.15, 0.2) is 0 Å². The van der Waals surface area contributed by atoms with Gasteiger partial charge in [-0.15, -0.1) is 0 Å². The number of hydrazone groups is 1. The van der Waals surface area contributed by atoms with E-state index in [0.29, 0.717) is 33.3 Å². The number of hydrogen-bond acceptors (Lipinski definition) is 4. The van der Waals surface area contributed by atoms with Crippen molar-refractivity contribution in [2.75, 3.05) is 18.1 Å². The number of hydrogen-bond donors (Lipinski definition) is 1. The fourth-order valence-corrected chi connectivity index (χ4v) is 5.87. The number of nitrogens with one attached hydrogen (secondary N) is 1. The molecule has 1 N–H and O–H groups in total. The quantitative estimate of drug-likeness (QED) is 0.640. The summed E-state index contributed by atoms with van der Waals surface area (Å²) < 4.78 is 13.6. The number of anilines is 1. The normalized spacial score (nSPS) is 27.5. The van der Waals surface area contributed by atoms with E-state index >= 15 is 0 Å². The summed E-state index contributed by atoms with van der Waals surface area (Å²) in [5, 5.41) is 9.47. The van der Waals surface area contributed by atoms with Gasteiger partial charge in [0.2, 0.25) is 0 Å². The second kappa shape index (κ2) is 8.65. The fraction of sp³-hybridized carbons (Fsp3) is 0.417. The second-order valence-corrected chi connectivity index (χ2v) is 9.85. The number of benzene rings is 2. The Morgan fingerprint density at radius 2 is 1.78 bits per heavy atom. The van der Waals surface area contributed by atoms with Crippen LogP contribution in [0.1, 0.15) is 37.8 Å². The average Bonchev–Trinajstić information content (AvgIpc) is 3.42. The molecule has 168 valence electrons. The van der Waals surface area contributed by atoms with Gasteiger partial charge in [0.1, 0.15) is 11.5 Å². The molecule has 1 amide bonds. The van der Waals surface area contributed by atoms with Crippen molar-refractivity contribution in [1.82, 2.24) is 10.4 Å². The van der Waals surface area contributed by atoms with Gasteiger partial charge in [-0.25, -0.2) is 9.40 Å². The minimum absolute atomic E-state index is 0.197. The molecular weight excluding hydrogens is 450 g/mol. The van der Waals surface area contributed by atoms with Crippen molar-refractivity contribution < 1.29 is 9.18 Å². The number of rotatable bonds is 4. The summed E-state index contributed by atoms with van der Waals surface area (Å²) in [6, 6.07) is 11.2. The summed E-state index contributed by atoms with van der Waals surface area (Å²) >= 11 is 12.6. The summed E-state index contributed by atoms with van der Waals surface area (Å²) in [5.41, 5.74) is 5.02. The van der Waals surface area contributed by atoms with Crippen LogP contribution in [0.5, 0.6) is 0 Å². The molecule has 0 radical (unpaired) electrons. The molecule has 0 bridgehead atoms. The van der Waals surface area contributed by atoms with Gasteiger partial charge in [-0.05, 0) is 60.6 Å². The predicted molar refractivity (Wildman–Crippen MR) is 125 cm³/mol. The number of hydrazine groups is 1. The topological polar surface area (TPSA) is 47.9 Å². The summed E-state index contributed by atoms with van der Waals surface area (Å²) in [5.74, 6) is 0.615. The molecule has 2 unspecified atom stereocenters. The number of fused-ring (bicyclic) bond motifs is 1. The molecule has 0 aromatic heterocycles. The van der Waals surface area contributed by atoms with Crippen molar-refractivity contribution in [3.05, 3.63) is 63.9 Å². The molecule has 1 saturated heterocycles. The van der Waals surface area contributed by atoms with Crippen LogP contribution in [-0.2, 0) is 4.79 Å². The lowest BCUT2D eigenvalue weighted by Gasteiger charge is -2.27. The first-order valence-corrected chi connectivity index (χ1v) is 11.8. The Hall–Kier alpha value is -2.15. The fourth-order valence-electron chi connectivity index (χ4n) is 5.37. The highest BCUT2D eigenvalue weighted by atomic mass is 35.5. The van der Waals surface area contributed by atoms with Crippen molar-refractivity contribution in [1.29, 1.82) is 0 Å². The van der Waals surface area contributed by atoms with E-state index in [1.165, 1.54) is 31.4 Å². The Balaban J connectivity index is 1.44. The van der Waals surface area contributed by atoms with Crippen molar-refractivity contribution in [3.63, 3.8) is 0 Å². The lowest BCUT2D eigenvalue weighted by atomic mass is 9.91. The smallest absolute Gasteiger partial charge is 0.282 e. The van der Waals surface area contributed by atoms with Gasteiger partial charge >= 0.3 is 0 Å². The van der Waals surface area contributed by atoms with E-state index in [4.69, 9.17) is 28.3 Å². The number of amides is 1. The first-order valence-electron chi connectivity index (χ1n) is 11.0. The van der Waals surface area contributed by atoms with Crippen LogP contribution in [-0.4, -0.2) is 29.7 Å². The summed E-state index contributed by atoms with van der Waals surface area (Å²) in [6.07, 6.45) is 3.77. The Kier molecular flexibility index (Phi) is 5.86. The zero-order chi connectivity index (χ0) is 22.4. The molecule has 2 aromatic rings. The van der Waals surface area contributed by atoms with E-state index < -0.39 is 0 Å². The van der Waals surface area contributed by atoms with Crippen molar-refractivity contribution in [3.8, 4) is 0 Å². The summed E-state index contributed by atoms with van der Waals surface area (Å²) in [4.78, 5) is 13.3. The zero-order valence-corrected chi connectivity index (χ0v) is 19.3. The third-order valence-electron chi connectivity index (χ3n) is 6.97. The monoisotopic (exact) mass is 474 g/mol. The van der Waals surface area contributed by atoms with Crippen LogP contribution in [0.3, 0.4) is 0 Å². The summed E-state index contributed by atoms with van der Waals surface area (Å²) in [7, 11) is 0. The maximum absolute atomic E-state index is 13.6. The molecule has 8 heteroatoms. The molecule has 5 rings (SSSR count). The number of carbonyl (C=O) groups excluding carboxylic acids is 1. The van der Waals surface area contributed by atoms with Crippen LogP contribution in [0.4, 0.5) is 10.1 Å². The number of halogens is 3. The third kappa shape index (κ3) is 4.00. The third-order valence-corrected chi connectivity index (χ3v) is 7.51. The number of carbonyl (C=O) groups is 1. The van der Waals surface area contributed by atoms with Crippen LogP contribution in [0.2, 0.25) is 10.0 Å². The van der Waals surface area contributed by atoms with Crippen molar-refractivity contribution >= 4 is 40.5 Å². The number of nitrogens with zero attached hydrogens (tertiary/aromatic N) is 3. The average molecular weight is 475 g/mol. The Bertz CT molecular complexity index is 1050. The van der Waals surface area contributed by atoms with Gasteiger partial charge in [-0.2, -0.15) is 5.10 Å². The predicted octanol–water partition coefficient (Wildman–Crippen LogP) is 5.45. The van der Waals surface area contributed by atoms with Crippen molar-refractivity contribution in [2.24, 2.45) is 22.9 Å². The van der Waals surface area contributed by atoms with Crippen LogP contribution in [0.15, 0.2) is 47.6 Å². The first-order chi connectivity index (χ1) is 15.4. The molecule has 2 aromatic carbocycles. The van der Waals surface area contributed by atoms with Crippen LogP contribution >= 0.6 is 23.2 Å². The Morgan fingerprint density at radius 3 is 2.44 bits per heavy atom. The van der Waals surface area contributed by atoms with E-state index in [0.717, 1.165) is 18.7 Å². The van der Waals surface area contributed by atoms with Gasteiger partial charge in [0.25, 0.3) is 5.91 Å². The molecule has 3 aliphatic rings. The molecule has 5 nitrogen and oxygen atoms in total. The second-order valence-electron chi connectivity index (χ2n) is 9.01. The molecule has 4 atom stereocenters. The van der Waals surface area contributed by atoms with E-state index in [9.17, 15) is 9.18 Å². The van der Waals surface area contributed by atoms with Crippen molar-refractivity contribution in [2.45, 2.75) is 32.2 Å². The molecule has 2 aliphatic heterocycles. The molecule has 0 spiro atoms. The van der Waals surface area contributed by atoms with Gasteiger partial charge in [-0.1, -0.05) is 48.7 Å². The highest BCUT2D eigenvalue weighted by Gasteiger charge is 2.42. The molecule has 32 heavy (non-hydrogen) atoms. The highest BCUT2D eigenvalue weighted by Crippen LogP contribution is 2.42. The largest absolute Gasteiger partial charge is 0.284 e. The highest BCUT2D eigenvalue weighted by molar-refractivity contribution is 6.41. The minimum atomic E-state index is -0.311. The van der Waals surface area contributed by atoms with Gasteiger partial charge in [-0.3, -0.25) is 15.2 Å². The van der Waals surface area contributed by atoms with Gasteiger partial charge < -0.3 is 0 Å². The maximum Gasteiger partial charge on any atom is 0.282 e. The molecular formula is C24H25Cl2FN4O. The van der Waals surface area contributed by atoms with Crippen LogP contribution < -0.4 is 10.4 Å². The molecule has 2 heterocycles. The standard InChI is InChI=1S/C24H25Cl2FN4O/c1-14-22(24(32)29-30-12-16-3-2-4-17(16)13-30)28-31(21-10-7-18(25)11-20(21)26)23(14)15-5-8-19(27)9-6-15/h5-11,14,16-17,23H,2-4,12-13H2,1H3,(H,29,32)/t14-,16?,17?,23+/m1/s1. The summed E-state index contributed by atoms with van der Waals surface area (Å²) in [6.45, 7) is 3.76. The van der Waals surface area contributed by atoms with E-state index in [1.807, 2.05) is 11.9 Å². The Morgan fingerprint density at radius 1 is 1.09 bits per heavy atom. The SMILES string of the molecule is C[C@@H]1C(C(=O)NN2CC3CCCC3C2)=NN(c2ccc(Cl)cc2Cl)[C@@H]1c1ccc(F)cc1. The maximum atomic E-state index is 13.6. The van der Waals surface area contributed by atoms with Gasteiger partial charge in [0, 0.05) is 24.0 Å². The van der Waals surface area contributed by atoms with E-state index in [-0.39, 0.29) is 23.7 Å². The lowest BCUT2D eigenvalue weighted by molar-refractivity contribution is -0.119. The molecule has 1 aliphatic carbocycles. The minimum Gasteiger partial charge on any atom is -0.284 e. The molecule has 1 saturated carbocycles. The zero-order valence-electron chi connectivity index (χ0n) is 17.8. The van der Waals surface area contributed by atoms with E-state index in [2.05, 4.69) is 5.43 Å². The molecule has 2 fully saturated rings. The van der Waals surface area contributed by atoms with E-state index in [1.54, 1.807) is 35.3 Å². The van der Waals surface area contributed by atoms with Crippen LogP contribution in [0.25, 0.3) is 0 Å². The lowest BCUT2D eigenvalue weighted by Crippen LogP contribution is -2.45. The Labute approximate surface area is 197 Å². The van der Waals surface area contributed by atoms with Crippen LogP contribution in [0, 0.1) is 23.6 Å². The van der Waals surface area contributed by atoms with Gasteiger partial charge in [0.05, 0.1) is 16.8 Å².